The molecule has 0 bridgehead atoms. The van der Waals surface area contributed by atoms with Gasteiger partial charge in [-0.05, 0) is 32.9 Å². The number of hydrogen-bond donors (Lipinski definition) is 0. The lowest BCUT2D eigenvalue weighted by Gasteiger charge is -2.09. The van der Waals surface area contributed by atoms with E-state index in [2.05, 4.69) is 5.10 Å². The number of rotatable bonds is 5. The first-order chi connectivity index (χ1) is 9.55. The van der Waals surface area contributed by atoms with E-state index >= 15 is 0 Å². The Hall–Kier alpha value is -2.10. The van der Waals surface area contributed by atoms with E-state index in [0.717, 1.165) is 22.6 Å². The van der Waals surface area contributed by atoms with Crippen molar-refractivity contribution >= 4 is 5.78 Å². The normalized spacial score (nSPS) is 10.6. The number of methoxy groups -OCH3 is 1. The van der Waals surface area contributed by atoms with E-state index in [0.29, 0.717) is 18.7 Å². The molecule has 0 saturated heterocycles. The molecule has 20 heavy (non-hydrogen) atoms. The van der Waals surface area contributed by atoms with Crippen molar-refractivity contribution in [3.05, 3.63) is 46.8 Å². The summed E-state index contributed by atoms with van der Waals surface area (Å²) in [5, 5.41) is 4.32. The molecule has 1 aromatic carbocycles. The van der Waals surface area contributed by atoms with Crippen LogP contribution in [0.25, 0.3) is 0 Å². The van der Waals surface area contributed by atoms with Crippen molar-refractivity contribution < 1.29 is 9.53 Å². The van der Waals surface area contributed by atoms with Gasteiger partial charge in [0.25, 0.3) is 0 Å². The average molecular weight is 272 g/mol. The van der Waals surface area contributed by atoms with Crippen LogP contribution in [0.3, 0.4) is 0 Å². The lowest BCUT2D eigenvalue weighted by atomic mass is 10.0. The SMILES string of the molecule is CCn1nc(C)cc1C(=O)Cc1cc(C)ccc1OC. The summed E-state index contributed by atoms with van der Waals surface area (Å²) in [6.07, 6.45) is 0.329. The van der Waals surface area contributed by atoms with Gasteiger partial charge in [0, 0.05) is 18.5 Å². The monoisotopic (exact) mass is 272 g/mol. The number of carbonyl (C=O) groups excluding carboxylic acids is 1. The fraction of sp³-hybridized carbons (Fsp3) is 0.375. The van der Waals surface area contributed by atoms with Gasteiger partial charge in [0.05, 0.1) is 12.8 Å². The topological polar surface area (TPSA) is 44.1 Å². The number of ketones is 1. The van der Waals surface area contributed by atoms with E-state index in [1.165, 1.54) is 0 Å². The first kappa shape index (κ1) is 14.3. The summed E-state index contributed by atoms with van der Waals surface area (Å²) < 4.78 is 7.07. The van der Waals surface area contributed by atoms with Crippen molar-refractivity contribution in [3.8, 4) is 5.75 Å². The maximum atomic E-state index is 12.5. The van der Waals surface area contributed by atoms with E-state index < -0.39 is 0 Å². The van der Waals surface area contributed by atoms with Gasteiger partial charge < -0.3 is 4.74 Å². The minimum Gasteiger partial charge on any atom is -0.496 e. The average Bonchev–Trinajstić information content (AvgIpc) is 2.80. The van der Waals surface area contributed by atoms with E-state index in [1.807, 2.05) is 45.0 Å². The molecule has 0 aliphatic heterocycles. The minimum atomic E-state index is 0.0661. The molecule has 0 amide bonds. The molecule has 0 unspecified atom stereocenters. The lowest BCUT2D eigenvalue weighted by Crippen LogP contribution is -2.12. The highest BCUT2D eigenvalue weighted by Crippen LogP contribution is 2.21. The summed E-state index contributed by atoms with van der Waals surface area (Å²) in [4.78, 5) is 12.5. The highest BCUT2D eigenvalue weighted by molar-refractivity contribution is 5.96. The number of hydrogen-bond acceptors (Lipinski definition) is 3. The second-order valence-corrected chi connectivity index (χ2v) is 4.90. The molecule has 0 atom stereocenters. The van der Waals surface area contributed by atoms with Gasteiger partial charge in [-0.3, -0.25) is 9.48 Å². The molecular weight excluding hydrogens is 252 g/mol. The molecule has 4 heteroatoms. The molecule has 2 aromatic rings. The Labute approximate surface area is 119 Å². The van der Waals surface area contributed by atoms with Crippen LogP contribution in [0.1, 0.15) is 34.2 Å². The van der Waals surface area contributed by atoms with E-state index in [9.17, 15) is 4.79 Å². The van der Waals surface area contributed by atoms with Crippen molar-refractivity contribution in [3.63, 3.8) is 0 Å². The molecule has 2 rings (SSSR count). The molecule has 4 nitrogen and oxygen atoms in total. The number of carbonyl (C=O) groups is 1. The van der Waals surface area contributed by atoms with Gasteiger partial charge in [0.15, 0.2) is 5.78 Å². The Bertz CT molecular complexity index is 629. The van der Waals surface area contributed by atoms with Crippen molar-refractivity contribution in [1.29, 1.82) is 0 Å². The van der Waals surface area contributed by atoms with Gasteiger partial charge in [0.2, 0.25) is 0 Å². The minimum absolute atomic E-state index is 0.0661. The van der Waals surface area contributed by atoms with Gasteiger partial charge in [-0.25, -0.2) is 0 Å². The zero-order valence-electron chi connectivity index (χ0n) is 12.4. The number of nitrogens with zero attached hydrogens (tertiary/aromatic N) is 2. The number of ether oxygens (including phenoxy) is 1. The number of benzene rings is 1. The molecule has 0 N–H and O–H groups in total. The molecule has 1 aromatic heterocycles. The first-order valence-electron chi connectivity index (χ1n) is 6.76. The Balaban J connectivity index is 2.29. The van der Waals surface area contributed by atoms with Crippen LogP contribution >= 0.6 is 0 Å². The second kappa shape index (κ2) is 5.90. The fourth-order valence-corrected chi connectivity index (χ4v) is 2.32. The van der Waals surface area contributed by atoms with Gasteiger partial charge in [0.1, 0.15) is 11.4 Å². The summed E-state index contributed by atoms with van der Waals surface area (Å²) in [5.74, 6) is 0.819. The van der Waals surface area contributed by atoms with Crippen LogP contribution in [0.4, 0.5) is 0 Å². The maximum Gasteiger partial charge on any atom is 0.185 e. The van der Waals surface area contributed by atoms with Gasteiger partial charge >= 0.3 is 0 Å². The van der Waals surface area contributed by atoms with Gasteiger partial charge in [-0.2, -0.15) is 5.10 Å². The molecule has 106 valence electrons. The Morgan fingerprint density at radius 3 is 2.70 bits per heavy atom. The highest BCUT2D eigenvalue weighted by Gasteiger charge is 2.16. The van der Waals surface area contributed by atoms with Crippen LogP contribution in [0.2, 0.25) is 0 Å². The van der Waals surface area contributed by atoms with Crippen LogP contribution < -0.4 is 4.74 Å². The summed E-state index contributed by atoms with van der Waals surface area (Å²) in [5.41, 5.74) is 3.56. The Morgan fingerprint density at radius 1 is 1.30 bits per heavy atom. The molecule has 0 aliphatic carbocycles. The van der Waals surface area contributed by atoms with Crippen molar-refractivity contribution in [1.82, 2.24) is 9.78 Å². The number of aromatic nitrogens is 2. The number of aryl methyl sites for hydroxylation is 3. The lowest BCUT2D eigenvalue weighted by molar-refractivity contribution is 0.0982. The molecule has 0 fully saturated rings. The van der Waals surface area contributed by atoms with Crippen molar-refractivity contribution in [2.24, 2.45) is 0 Å². The highest BCUT2D eigenvalue weighted by atomic mass is 16.5. The zero-order chi connectivity index (χ0) is 14.7. The van der Waals surface area contributed by atoms with Crippen LogP contribution in [0.5, 0.6) is 5.75 Å². The Kier molecular flexibility index (Phi) is 4.23. The third-order valence-electron chi connectivity index (χ3n) is 3.27. The van der Waals surface area contributed by atoms with Crippen molar-refractivity contribution in [2.75, 3.05) is 7.11 Å². The molecule has 0 spiro atoms. The van der Waals surface area contributed by atoms with Crippen LogP contribution in [0.15, 0.2) is 24.3 Å². The second-order valence-electron chi connectivity index (χ2n) is 4.90. The molecular formula is C16H20N2O2. The third-order valence-corrected chi connectivity index (χ3v) is 3.27. The van der Waals surface area contributed by atoms with Gasteiger partial charge in [-0.1, -0.05) is 17.7 Å². The predicted molar refractivity (Wildman–Crippen MR) is 78.4 cm³/mol. The largest absolute Gasteiger partial charge is 0.496 e. The van der Waals surface area contributed by atoms with E-state index in [4.69, 9.17) is 4.74 Å². The molecule has 0 aliphatic rings. The molecule has 1 heterocycles. The van der Waals surface area contributed by atoms with Crippen LogP contribution in [-0.4, -0.2) is 22.7 Å². The smallest absolute Gasteiger partial charge is 0.185 e. The Morgan fingerprint density at radius 2 is 2.05 bits per heavy atom. The van der Waals surface area contributed by atoms with E-state index in [1.54, 1.807) is 11.8 Å². The van der Waals surface area contributed by atoms with Crippen molar-refractivity contribution in [2.45, 2.75) is 33.7 Å². The third kappa shape index (κ3) is 2.90. The predicted octanol–water partition coefficient (Wildman–Crippen LogP) is 2.95. The quantitative estimate of drug-likeness (QED) is 0.786. The van der Waals surface area contributed by atoms with E-state index in [-0.39, 0.29) is 5.78 Å². The maximum absolute atomic E-state index is 12.5. The standard InChI is InChI=1S/C16H20N2O2/c1-5-18-14(9-12(3)17-18)15(19)10-13-8-11(2)6-7-16(13)20-4/h6-9H,5,10H2,1-4H3. The summed E-state index contributed by atoms with van der Waals surface area (Å²) in [7, 11) is 1.62. The fourth-order valence-electron chi connectivity index (χ4n) is 2.32. The van der Waals surface area contributed by atoms with Crippen LogP contribution in [-0.2, 0) is 13.0 Å². The summed E-state index contributed by atoms with van der Waals surface area (Å²) in [6, 6.07) is 7.72. The van der Waals surface area contributed by atoms with Crippen LogP contribution in [0, 0.1) is 13.8 Å². The van der Waals surface area contributed by atoms with Gasteiger partial charge in [-0.15, -0.1) is 0 Å². The molecule has 0 radical (unpaired) electrons. The zero-order valence-corrected chi connectivity index (χ0v) is 12.4. The first-order valence-corrected chi connectivity index (χ1v) is 6.76. The molecule has 0 saturated carbocycles. The summed E-state index contributed by atoms with van der Waals surface area (Å²) >= 11 is 0. The number of Topliss-reactive ketones (excluding diaryl/α,β-unsaturated/α-hetero) is 1. The summed E-state index contributed by atoms with van der Waals surface area (Å²) in [6.45, 7) is 6.58.